The largest absolute Gasteiger partial charge is 0.315 e. The first-order chi connectivity index (χ1) is 7.34. The van der Waals surface area contributed by atoms with Gasteiger partial charge in [-0.1, -0.05) is 11.3 Å². The van der Waals surface area contributed by atoms with E-state index < -0.39 is 0 Å². The van der Waals surface area contributed by atoms with Crippen molar-refractivity contribution >= 4 is 11.3 Å². The molecule has 0 saturated carbocycles. The second-order valence-corrected chi connectivity index (χ2v) is 5.26. The minimum atomic E-state index is 0.111. The van der Waals surface area contributed by atoms with E-state index in [1.165, 1.54) is 28.3 Å². The van der Waals surface area contributed by atoms with Crippen molar-refractivity contribution in [2.75, 3.05) is 26.2 Å². The molecule has 1 aliphatic heterocycles. The molecule has 1 atom stereocenters. The zero-order chi connectivity index (χ0) is 10.3. The zero-order valence-corrected chi connectivity index (χ0v) is 9.40. The second kappa shape index (κ2) is 3.73. The third kappa shape index (κ3) is 1.64. The van der Waals surface area contributed by atoms with Gasteiger partial charge in [-0.2, -0.15) is 0 Å². The molecule has 5 heteroatoms. The molecule has 0 radical (unpaired) electrons. The Morgan fingerprint density at radius 3 is 2.93 bits per heavy atom. The highest BCUT2D eigenvalue weighted by atomic mass is 32.1. The number of hydrogen-bond donors (Lipinski definition) is 2. The summed E-state index contributed by atoms with van der Waals surface area (Å²) >= 11 is 1.39. The van der Waals surface area contributed by atoms with Crippen LogP contribution in [0.1, 0.15) is 23.0 Å². The SMILES string of the molecule is O=c1[nH]c2c(s1)CCC2N1CCNCC1. The predicted molar refractivity (Wildman–Crippen MR) is 60.4 cm³/mol. The number of H-pyrrole nitrogens is 1. The number of aryl methyl sites for hydroxylation is 1. The van der Waals surface area contributed by atoms with Crippen molar-refractivity contribution in [2.24, 2.45) is 0 Å². The lowest BCUT2D eigenvalue weighted by molar-refractivity contribution is 0.171. The first kappa shape index (κ1) is 9.57. The van der Waals surface area contributed by atoms with Gasteiger partial charge in [0, 0.05) is 36.8 Å². The summed E-state index contributed by atoms with van der Waals surface area (Å²) in [5, 5.41) is 3.36. The average Bonchev–Trinajstić information content (AvgIpc) is 2.77. The van der Waals surface area contributed by atoms with Crippen LogP contribution in [0.5, 0.6) is 0 Å². The Morgan fingerprint density at radius 2 is 2.13 bits per heavy atom. The Hall–Kier alpha value is -0.650. The van der Waals surface area contributed by atoms with E-state index in [0.29, 0.717) is 6.04 Å². The lowest BCUT2D eigenvalue weighted by Gasteiger charge is -2.32. The monoisotopic (exact) mass is 225 g/mol. The third-order valence-corrected chi connectivity index (χ3v) is 4.28. The molecule has 82 valence electrons. The van der Waals surface area contributed by atoms with Crippen LogP contribution in [0.2, 0.25) is 0 Å². The number of aromatic nitrogens is 1. The van der Waals surface area contributed by atoms with Gasteiger partial charge in [-0.25, -0.2) is 0 Å². The molecule has 2 aliphatic rings. The maximum atomic E-state index is 11.3. The van der Waals surface area contributed by atoms with E-state index in [2.05, 4.69) is 15.2 Å². The minimum Gasteiger partial charge on any atom is -0.315 e. The van der Waals surface area contributed by atoms with Gasteiger partial charge in [0.05, 0.1) is 6.04 Å². The molecule has 3 rings (SSSR count). The molecule has 4 nitrogen and oxygen atoms in total. The summed E-state index contributed by atoms with van der Waals surface area (Å²) in [5.74, 6) is 0. The molecule has 0 bridgehead atoms. The molecule has 1 unspecified atom stereocenters. The Balaban J connectivity index is 1.85. The van der Waals surface area contributed by atoms with Crippen molar-refractivity contribution in [1.82, 2.24) is 15.2 Å². The molecule has 15 heavy (non-hydrogen) atoms. The molecule has 1 fully saturated rings. The highest BCUT2D eigenvalue weighted by molar-refractivity contribution is 7.09. The maximum absolute atomic E-state index is 11.3. The van der Waals surface area contributed by atoms with Gasteiger partial charge in [0.25, 0.3) is 0 Å². The third-order valence-electron chi connectivity index (χ3n) is 3.32. The first-order valence-corrected chi connectivity index (χ1v) is 6.33. The Morgan fingerprint density at radius 1 is 1.33 bits per heavy atom. The molecular formula is C10H15N3OS. The van der Waals surface area contributed by atoms with Crippen LogP contribution in [0.25, 0.3) is 0 Å². The Labute approximate surface area is 92.3 Å². The van der Waals surface area contributed by atoms with Gasteiger partial charge in [0.2, 0.25) is 0 Å². The maximum Gasteiger partial charge on any atom is 0.304 e. The van der Waals surface area contributed by atoms with Gasteiger partial charge < -0.3 is 10.3 Å². The fourth-order valence-electron chi connectivity index (χ4n) is 2.60. The Kier molecular flexibility index (Phi) is 2.38. The van der Waals surface area contributed by atoms with Crippen LogP contribution in [0.15, 0.2) is 4.79 Å². The van der Waals surface area contributed by atoms with Crippen LogP contribution >= 0.6 is 11.3 Å². The average molecular weight is 225 g/mol. The highest BCUT2D eigenvalue weighted by Crippen LogP contribution is 2.35. The fourth-order valence-corrected chi connectivity index (χ4v) is 3.50. The van der Waals surface area contributed by atoms with Crippen LogP contribution in [-0.2, 0) is 6.42 Å². The Bertz CT molecular complexity index is 405. The van der Waals surface area contributed by atoms with E-state index in [1.807, 2.05) is 0 Å². The van der Waals surface area contributed by atoms with E-state index >= 15 is 0 Å². The van der Waals surface area contributed by atoms with Crippen molar-refractivity contribution in [3.63, 3.8) is 0 Å². The second-order valence-electron chi connectivity index (χ2n) is 4.19. The van der Waals surface area contributed by atoms with Crippen LogP contribution in [0.4, 0.5) is 0 Å². The van der Waals surface area contributed by atoms with Gasteiger partial charge in [-0.05, 0) is 12.8 Å². The lowest BCUT2D eigenvalue weighted by Crippen LogP contribution is -2.44. The molecule has 0 amide bonds. The quantitative estimate of drug-likeness (QED) is 0.724. The number of aromatic amines is 1. The van der Waals surface area contributed by atoms with Crippen molar-refractivity contribution in [1.29, 1.82) is 0 Å². The molecule has 2 heterocycles. The number of hydrogen-bond acceptors (Lipinski definition) is 4. The highest BCUT2D eigenvalue weighted by Gasteiger charge is 2.30. The van der Waals surface area contributed by atoms with Crippen LogP contribution in [0.3, 0.4) is 0 Å². The molecule has 1 saturated heterocycles. The summed E-state index contributed by atoms with van der Waals surface area (Å²) in [5.41, 5.74) is 1.20. The number of nitrogens with one attached hydrogen (secondary N) is 2. The molecular weight excluding hydrogens is 210 g/mol. The van der Waals surface area contributed by atoms with Crippen molar-refractivity contribution in [3.05, 3.63) is 20.2 Å². The van der Waals surface area contributed by atoms with Gasteiger partial charge >= 0.3 is 4.87 Å². The number of nitrogens with zero attached hydrogens (tertiary/aromatic N) is 1. The lowest BCUT2D eigenvalue weighted by atomic mass is 10.2. The van der Waals surface area contributed by atoms with E-state index in [1.54, 1.807) is 0 Å². The van der Waals surface area contributed by atoms with Gasteiger partial charge in [-0.3, -0.25) is 9.69 Å². The van der Waals surface area contributed by atoms with E-state index in [-0.39, 0.29) is 4.87 Å². The molecule has 0 spiro atoms. The van der Waals surface area contributed by atoms with Crippen LogP contribution in [0, 0.1) is 0 Å². The van der Waals surface area contributed by atoms with Gasteiger partial charge in [0.1, 0.15) is 0 Å². The summed E-state index contributed by atoms with van der Waals surface area (Å²) in [6, 6.07) is 0.473. The summed E-state index contributed by atoms with van der Waals surface area (Å²) in [7, 11) is 0. The number of rotatable bonds is 1. The summed E-state index contributed by atoms with van der Waals surface area (Å²) in [6.45, 7) is 4.34. The smallest absolute Gasteiger partial charge is 0.304 e. The number of piperazine rings is 1. The fraction of sp³-hybridized carbons (Fsp3) is 0.700. The minimum absolute atomic E-state index is 0.111. The standard InChI is InChI=1S/C10H15N3OS/c14-10-12-9-7(1-2-8(9)15-10)13-5-3-11-4-6-13/h7,11H,1-6H2,(H,12,14). The number of thiazole rings is 1. The molecule has 1 aliphatic carbocycles. The van der Waals surface area contributed by atoms with Crippen molar-refractivity contribution in [2.45, 2.75) is 18.9 Å². The van der Waals surface area contributed by atoms with Crippen molar-refractivity contribution < 1.29 is 0 Å². The van der Waals surface area contributed by atoms with Crippen LogP contribution in [-0.4, -0.2) is 36.1 Å². The normalized spacial score (nSPS) is 26.8. The summed E-state index contributed by atoms with van der Waals surface area (Å²) < 4.78 is 0. The molecule has 1 aromatic rings. The van der Waals surface area contributed by atoms with Gasteiger partial charge in [-0.15, -0.1) is 0 Å². The summed E-state index contributed by atoms with van der Waals surface area (Å²) in [6.07, 6.45) is 2.26. The van der Waals surface area contributed by atoms with E-state index in [4.69, 9.17) is 0 Å². The van der Waals surface area contributed by atoms with Gasteiger partial charge in [0.15, 0.2) is 0 Å². The first-order valence-electron chi connectivity index (χ1n) is 5.51. The molecule has 1 aromatic heterocycles. The van der Waals surface area contributed by atoms with Crippen LogP contribution < -0.4 is 10.2 Å². The number of fused-ring (bicyclic) bond motifs is 1. The van der Waals surface area contributed by atoms with E-state index in [0.717, 1.165) is 32.6 Å². The topological polar surface area (TPSA) is 48.1 Å². The molecule has 2 N–H and O–H groups in total. The zero-order valence-electron chi connectivity index (χ0n) is 8.58. The predicted octanol–water partition coefficient (Wildman–Crippen LogP) is 0.329. The van der Waals surface area contributed by atoms with Crippen molar-refractivity contribution in [3.8, 4) is 0 Å². The van der Waals surface area contributed by atoms with E-state index in [9.17, 15) is 4.79 Å². The summed E-state index contributed by atoms with van der Waals surface area (Å²) in [4.78, 5) is 18.2. The molecule has 0 aromatic carbocycles.